The van der Waals surface area contributed by atoms with Gasteiger partial charge in [-0.05, 0) is 73.2 Å². The number of halogens is 1. The van der Waals surface area contributed by atoms with Gasteiger partial charge >= 0.3 is 0 Å². The van der Waals surface area contributed by atoms with Crippen LogP contribution in [0.25, 0.3) is 0 Å². The largest absolute Gasteiger partial charge is 0.354 e. The van der Waals surface area contributed by atoms with E-state index in [1.165, 1.54) is 29.2 Å². The Labute approximate surface area is 237 Å². The number of amides is 2. The minimum Gasteiger partial charge on any atom is -0.354 e. The summed E-state index contributed by atoms with van der Waals surface area (Å²) >= 11 is 0. The number of hydrogen-bond donors (Lipinski definition) is 1. The lowest BCUT2D eigenvalue weighted by Gasteiger charge is -2.33. The molecule has 0 bridgehead atoms. The molecule has 3 rings (SSSR count). The van der Waals surface area contributed by atoms with Crippen molar-refractivity contribution >= 4 is 27.5 Å². The maximum absolute atomic E-state index is 14.1. The molecule has 0 aromatic heterocycles. The summed E-state index contributed by atoms with van der Waals surface area (Å²) in [5.74, 6) is -1.08. The Bertz CT molecular complexity index is 1410. The molecule has 0 spiro atoms. The van der Waals surface area contributed by atoms with Gasteiger partial charge in [-0.15, -0.1) is 0 Å². The summed E-state index contributed by atoms with van der Waals surface area (Å²) in [4.78, 5) is 28.8. The minimum atomic E-state index is -4.14. The number of benzene rings is 3. The molecule has 0 heterocycles. The fourth-order valence-electron chi connectivity index (χ4n) is 4.35. The lowest BCUT2D eigenvalue weighted by molar-refractivity contribution is -0.140. The average Bonchev–Trinajstić information content (AvgIpc) is 2.93. The third-order valence-corrected chi connectivity index (χ3v) is 8.35. The van der Waals surface area contributed by atoms with E-state index in [1.54, 1.807) is 50.2 Å². The first-order valence-electron chi connectivity index (χ1n) is 13.4. The first-order valence-corrected chi connectivity index (χ1v) is 14.8. The van der Waals surface area contributed by atoms with Crippen LogP contribution in [0.3, 0.4) is 0 Å². The van der Waals surface area contributed by atoms with Crippen LogP contribution >= 0.6 is 0 Å². The second kappa shape index (κ2) is 13.6. The van der Waals surface area contributed by atoms with E-state index in [0.717, 1.165) is 9.87 Å². The second-order valence-electron chi connectivity index (χ2n) is 10.3. The van der Waals surface area contributed by atoms with Gasteiger partial charge in [0.1, 0.15) is 18.4 Å². The molecule has 0 saturated carbocycles. The van der Waals surface area contributed by atoms with Gasteiger partial charge in [-0.2, -0.15) is 0 Å². The molecule has 3 aromatic rings. The minimum absolute atomic E-state index is 0.0126. The van der Waals surface area contributed by atoms with Crippen molar-refractivity contribution < 1.29 is 22.4 Å². The number of hydrogen-bond acceptors (Lipinski definition) is 4. The number of sulfonamides is 1. The lowest BCUT2D eigenvalue weighted by atomic mass is 10.1. The van der Waals surface area contributed by atoms with Gasteiger partial charge in [-0.1, -0.05) is 63.2 Å². The highest BCUT2D eigenvalue weighted by molar-refractivity contribution is 7.92. The van der Waals surface area contributed by atoms with E-state index in [9.17, 15) is 22.4 Å². The highest BCUT2D eigenvalue weighted by Gasteiger charge is 2.34. The molecular weight excluding hydrogens is 529 g/mol. The van der Waals surface area contributed by atoms with Gasteiger partial charge in [-0.3, -0.25) is 13.9 Å². The van der Waals surface area contributed by atoms with Gasteiger partial charge in [-0.25, -0.2) is 12.8 Å². The average molecular weight is 568 g/mol. The van der Waals surface area contributed by atoms with Crippen LogP contribution in [0.15, 0.2) is 77.7 Å². The monoisotopic (exact) mass is 567 g/mol. The number of rotatable bonds is 12. The van der Waals surface area contributed by atoms with Crippen molar-refractivity contribution in [2.24, 2.45) is 5.92 Å². The number of anilines is 1. The molecule has 0 saturated heterocycles. The van der Waals surface area contributed by atoms with E-state index in [1.807, 2.05) is 32.9 Å². The van der Waals surface area contributed by atoms with E-state index in [2.05, 4.69) is 5.32 Å². The lowest BCUT2D eigenvalue weighted by Crippen LogP contribution is -2.52. The molecule has 0 fully saturated rings. The van der Waals surface area contributed by atoms with Crippen LogP contribution in [0.2, 0.25) is 0 Å². The standard InChI is InChI=1S/C31H38FN3O4S/c1-6-28(31(37)33-19-22(2)3)34(20-25-14-16-26(32)17-15-25)30(36)21-35(29-18-23(4)12-13-24(29)5)40(38,39)27-10-8-7-9-11-27/h7-18,22,28H,6,19-21H2,1-5H3,(H,33,37)/t28-/m1/s1. The molecule has 1 atom stereocenters. The summed E-state index contributed by atoms with van der Waals surface area (Å²) < 4.78 is 42.6. The highest BCUT2D eigenvalue weighted by atomic mass is 32.2. The molecule has 7 nitrogen and oxygen atoms in total. The SMILES string of the molecule is CC[C@H](C(=O)NCC(C)C)N(Cc1ccc(F)cc1)C(=O)CN(c1cc(C)ccc1C)S(=O)(=O)c1ccccc1. The summed E-state index contributed by atoms with van der Waals surface area (Å²) in [7, 11) is -4.14. The van der Waals surface area contributed by atoms with Crippen LogP contribution in [0.1, 0.15) is 43.9 Å². The number of carbonyl (C=O) groups is 2. The van der Waals surface area contributed by atoms with Crippen molar-refractivity contribution in [3.8, 4) is 0 Å². The maximum atomic E-state index is 14.1. The first-order chi connectivity index (χ1) is 18.9. The van der Waals surface area contributed by atoms with Crippen LogP contribution in [0, 0.1) is 25.6 Å². The third-order valence-electron chi connectivity index (χ3n) is 6.58. The van der Waals surface area contributed by atoms with E-state index >= 15 is 0 Å². The van der Waals surface area contributed by atoms with Gasteiger partial charge < -0.3 is 10.2 Å². The fraction of sp³-hybridized carbons (Fsp3) is 0.355. The highest BCUT2D eigenvalue weighted by Crippen LogP contribution is 2.28. The molecule has 9 heteroatoms. The van der Waals surface area contributed by atoms with Crippen molar-refractivity contribution in [1.82, 2.24) is 10.2 Å². The Kier molecular flexibility index (Phi) is 10.5. The molecule has 1 N–H and O–H groups in total. The van der Waals surface area contributed by atoms with Crippen molar-refractivity contribution in [2.75, 3.05) is 17.4 Å². The van der Waals surface area contributed by atoms with Crippen molar-refractivity contribution in [1.29, 1.82) is 0 Å². The quantitative estimate of drug-likeness (QED) is 0.325. The molecule has 0 radical (unpaired) electrons. The van der Waals surface area contributed by atoms with E-state index in [-0.39, 0.29) is 23.3 Å². The number of nitrogens with one attached hydrogen (secondary N) is 1. The number of nitrogens with zero attached hydrogens (tertiary/aromatic N) is 2. The Balaban J connectivity index is 2.07. The van der Waals surface area contributed by atoms with Crippen molar-refractivity contribution in [3.05, 3.63) is 95.3 Å². The Morgan fingerprint density at radius 3 is 2.20 bits per heavy atom. The van der Waals surface area contributed by atoms with Gasteiger partial charge in [0.2, 0.25) is 11.8 Å². The predicted octanol–water partition coefficient (Wildman–Crippen LogP) is 5.22. The molecule has 0 aliphatic rings. The molecule has 0 aliphatic carbocycles. The Morgan fingerprint density at radius 2 is 1.60 bits per heavy atom. The van der Waals surface area contributed by atoms with Gasteiger partial charge in [0.15, 0.2) is 0 Å². The predicted molar refractivity (Wildman–Crippen MR) is 156 cm³/mol. The van der Waals surface area contributed by atoms with Gasteiger partial charge in [0.05, 0.1) is 10.6 Å². The van der Waals surface area contributed by atoms with Crippen LogP contribution in [0.5, 0.6) is 0 Å². The van der Waals surface area contributed by atoms with Gasteiger partial charge in [0.25, 0.3) is 10.0 Å². The van der Waals surface area contributed by atoms with Gasteiger partial charge in [0, 0.05) is 13.1 Å². The van der Waals surface area contributed by atoms with Crippen LogP contribution in [-0.4, -0.2) is 44.3 Å². The third kappa shape index (κ3) is 7.69. The van der Waals surface area contributed by atoms with Crippen LogP contribution in [0.4, 0.5) is 10.1 Å². The van der Waals surface area contributed by atoms with Crippen LogP contribution in [-0.2, 0) is 26.2 Å². The number of carbonyl (C=O) groups excluding carboxylic acids is 2. The van der Waals surface area contributed by atoms with E-state index < -0.39 is 34.3 Å². The van der Waals surface area contributed by atoms with E-state index in [4.69, 9.17) is 0 Å². The molecule has 0 unspecified atom stereocenters. The second-order valence-corrected chi connectivity index (χ2v) is 12.2. The maximum Gasteiger partial charge on any atom is 0.264 e. The fourth-order valence-corrected chi connectivity index (χ4v) is 5.84. The zero-order valence-corrected chi connectivity index (χ0v) is 24.5. The molecular formula is C31H38FN3O4S. The van der Waals surface area contributed by atoms with E-state index in [0.29, 0.717) is 29.8 Å². The summed E-state index contributed by atoms with van der Waals surface area (Å²) in [6, 6.07) is 18.2. The zero-order valence-electron chi connectivity index (χ0n) is 23.7. The smallest absolute Gasteiger partial charge is 0.264 e. The van der Waals surface area contributed by atoms with Crippen molar-refractivity contribution in [3.63, 3.8) is 0 Å². The normalized spacial score (nSPS) is 12.2. The Morgan fingerprint density at radius 1 is 0.950 bits per heavy atom. The molecule has 0 aliphatic heterocycles. The molecule has 2 amide bonds. The van der Waals surface area contributed by atoms with Crippen molar-refractivity contribution in [2.45, 2.75) is 58.5 Å². The molecule has 214 valence electrons. The zero-order chi connectivity index (χ0) is 29.4. The number of aryl methyl sites for hydroxylation is 2. The molecule has 40 heavy (non-hydrogen) atoms. The topological polar surface area (TPSA) is 86.8 Å². The summed E-state index contributed by atoms with van der Waals surface area (Å²) in [6.07, 6.45) is 0.311. The first kappa shape index (κ1) is 30.8. The van der Waals surface area contributed by atoms with Crippen LogP contribution < -0.4 is 9.62 Å². The summed E-state index contributed by atoms with van der Waals surface area (Å²) in [5.41, 5.74) is 2.53. The summed E-state index contributed by atoms with van der Waals surface area (Å²) in [5, 5.41) is 2.90. The summed E-state index contributed by atoms with van der Waals surface area (Å²) in [6.45, 7) is 9.31. The Hall–Kier alpha value is -3.72. The molecule has 3 aromatic carbocycles.